The molecule has 3 N–H and O–H groups in total. The van der Waals surface area contributed by atoms with E-state index >= 15 is 0 Å². The summed E-state index contributed by atoms with van der Waals surface area (Å²) in [5.74, 6) is -0.517. The molecule has 2 aromatic heterocycles. The van der Waals surface area contributed by atoms with Crippen molar-refractivity contribution < 1.29 is 9.59 Å². The van der Waals surface area contributed by atoms with Gasteiger partial charge in [0.25, 0.3) is 5.91 Å². The molecule has 3 aromatic rings. The number of nitrogens with one attached hydrogen (secondary N) is 1. The molecule has 0 saturated heterocycles. The number of primary amides is 1. The summed E-state index contributed by atoms with van der Waals surface area (Å²) in [4.78, 5) is 27.5. The molecule has 140 valence electrons. The molecule has 0 aliphatic rings. The number of aromatic nitrogens is 4. The first-order chi connectivity index (χ1) is 13.1. The summed E-state index contributed by atoms with van der Waals surface area (Å²) >= 11 is 0. The molecule has 27 heavy (non-hydrogen) atoms. The van der Waals surface area contributed by atoms with Gasteiger partial charge in [-0.2, -0.15) is 5.10 Å². The van der Waals surface area contributed by atoms with Gasteiger partial charge in [-0.15, -0.1) is 0 Å². The maximum Gasteiger partial charge on any atom is 0.251 e. The highest BCUT2D eigenvalue weighted by Crippen LogP contribution is 2.20. The molecular weight excluding hydrogens is 344 g/mol. The Morgan fingerprint density at radius 1 is 1.22 bits per heavy atom. The van der Waals surface area contributed by atoms with E-state index in [1.54, 1.807) is 29.5 Å². The third-order valence-electron chi connectivity index (χ3n) is 4.25. The molecule has 0 spiro atoms. The van der Waals surface area contributed by atoms with E-state index < -0.39 is 0 Å². The van der Waals surface area contributed by atoms with Crippen molar-refractivity contribution in [1.29, 1.82) is 0 Å². The molecule has 0 saturated carbocycles. The molecular formula is C19H22N6O2. The van der Waals surface area contributed by atoms with Gasteiger partial charge in [0.15, 0.2) is 0 Å². The lowest BCUT2D eigenvalue weighted by molar-refractivity contribution is -0.118. The summed E-state index contributed by atoms with van der Waals surface area (Å²) in [5, 5.41) is 7.15. The van der Waals surface area contributed by atoms with Crippen LogP contribution >= 0.6 is 0 Å². The smallest absolute Gasteiger partial charge is 0.251 e. The second-order valence-electron chi connectivity index (χ2n) is 6.14. The largest absolute Gasteiger partial charge is 0.370 e. The first-order valence-corrected chi connectivity index (χ1v) is 8.75. The number of aryl methyl sites for hydroxylation is 2. The predicted octanol–water partition coefficient (Wildman–Crippen LogP) is 1.57. The third-order valence-corrected chi connectivity index (χ3v) is 4.25. The van der Waals surface area contributed by atoms with E-state index in [0.29, 0.717) is 18.7 Å². The monoisotopic (exact) mass is 366 g/mol. The topological polar surface area (TPSA) is 108 Å². The molecule has 1 aromatic carbocycles. The number of nitrogens with zero attached hydrogens (tertiary/aromatic N) is 4. The van der Waals surface area contributed by atoms with E-state index in [2.05, 4.69) is 15.4 Å². The van der Waals surface area contributed by atoms with Crippen LogP contribution in [0.1, 0.15) is 29.4 Å². The molecule has 0 aliphatic carbocycles. The number of carbonyl (C=O) groups excluding carboxylic acids is 2. The van der Waals surface area contributed by atoms with Gasteiger partial charge in [-0.3, -0.25) is 14.3 Å². The van der Waals surface area contributed by atoms with Gasteiger partial charge >= 0.3 is 0 Å². The highest BCUT2D eigenvalue weighted by atomic mass is 16.2. The van der Waals surface area contributed by atoms with Crippen LogP contribution in [0.3, 0.4) is 0 Å². The fraction of sp³-hybridized carbons (Fsp3) is 0.263. The predicted molar refractivity (Wildman–Crippen MR) is 101 cm³/mol. The van der Waals surface area contributed by atoms with Crippen LogP contribution in [0.2, 0.25) is 0 Å². The fourth-order valence-corrected chi connectivity index (χ4v) is 2.75. The molecule has 0 unspecified atom stereocenters. The van der Waals surface area contributed by atoms with E-state index in [4.69, 9.17) is 5.73 Å². The average Bonchev–Trinajstić information content (AvgIpc) is 3.33. The van der Waals surface area contributed by atoms with Gasteiger partial charge in [0, 0.05) is 43.0 Å². The molecule has 0 atom stereocenters. The van der Waals surface area contributed by atoms with Crippen molar-refractivity contribution in [2.75, 3.05) is 0 Å². The molecule has 0 aliphatic heterocycles. The van der Waals surface area contributed by atoms with Crippen LogP contribution in [0.5, 0.6) is 0 Å². The first-order valence-electron chi connectivity index (χ1n) is 8.75. The van der Waals surface area contributed by atoms with E-state index in [1.807, 2.05) is 35.9 Å². The number of nitrogens with two attached hydrogens (primary N) is 1. The Morgan fingerprint density at radius 2 is 2.07 bits per heavy atom. The van der Waals surface area contributed by atoms with Gasteiger partial charge in [-0.05, 0) is 24.6 Å². The van der Waals surface area contributed by atoms with E-state index in [0.717, 1.165) is 23.4 Å². The molecule has 2 heterocycles. The van der Waals surface area contributed by atoms with Crippen LogP contribution in [-0.2, 0) is 24.4 Å². The molecule has 0 bridgehead atoms. The molecule has 0 fully saturated rings. The summed E-state index contributed by atoms with van der Waals surface area (Å²) in [5.41, 5.74) is 8.44. The van der Waals surface area contributed by atoms with Crippen molar-refractivity contribution in [3.8, 4) is 11.1 Å². The van der Waals surface area contributed by atoms with Crippen molar-refractivity contribution in [2.24, 2.45) is 5.73 Å². The Bertz CT molecular complexity index is 943. The normalized spacial score (nSPS) is 10.7. The number of imidazole rings is 1. The van der Waals surface area contributed by atoms with Crippen LogP contribution in [0, 0.1) is 0 Å². The minimum absolute atomic E-state index is 0.151. The van der Waals surface area contributed by atoms with Crippen molar-refractivity contribution in [1.82, 2.24) is 24.6 Å². The minimum atomic E-state index is -0.366. The Morgan fingerprint density at radius 3 is 2.85 bits per heavy atom. The van der Waals surface area contributed by atoms with E-state index in [9.17, 15) is 9.59 Å². The minimum Gasteiger partial charge on any atom is -0.370 e. The number of hydrogen-bond acceptors (Lipinski definition) is 4. The lowest BCUT2D eigenvalue weighted by Crippen LogP contribution is -2.24. The Hall–Kier alpha value is -3.42. The van der Waals surface area contributed by atoms with E-state index in [-0.39, 0.29) is 18.2 Å². The molecule has 8 heteroatoms. The summed E-state index contributed by atoms with van der Waals surface area (Å²) in [7, 11) is 0. The van der Waals surface area contributed by atoms with Crippen LogP contribution in [0.25, 0.3) is 11.1 Å². The van der Waals surface area contributed by atoms with Crippen molar-refractivity contribution >= 4 is 11.8 Å². The van der Waals surface area contributed by atoms with Gasteiger partial charge in [0.2, 0.25) is 5.91 Å². The number of rotatable bonds is 8. The highest BCUT2D eigenvalue weighted by molar-refractivity contribution is 5.95. The van der Waals surface area contributed by atoms with Crippen LogP contribution in [-0.4, -0.2) is 31.1 Å². The Balaban J connectivity index is 1.68. The van der Waals surface area contributed by atoms with Crippen LogP contribution in [0.15, 0.2) is 49.2 Å². The summed E-state index contributed by atoms with van der Waals surface area (Å²) in [6.07, 6.45) is 7.27. The molecule has 8 nitrogen and oxygen atoms in total. The Labute approximate surface area is 157 Å². The van der Waals surface area contributed by atoms with E-state index in [1.165, 1.54) is 0 Å². The number of carbonyl (C=O) groups is 2. The van der Waals surface area contributed by atoms with Gasteiger partial charge in [0.1, 0.15) is 0 Å². The third kappa shape index (κ3) is 4.60. The fourth-order valence-electron chi connectivity index (χ4n) is 2.75. The second kappa shape index (κ2) is 8.31. The number of hydrogen-bond donors (Lipinski definition) is 2. The van der Waals surface area contributed by atoms with Crippen LogP contribution < -0.4 is 11.1 Å². The van der Waals surface area contributed by atoms with Crippen molar-refractivity contribution in [3.63, 3.8) is 0 Å². The van der Waals surface area contributed by atoms with Gasteiger partial charge in [-0.25, -0.2) is 4.98 Å². The first kappa shape index (κ1) is 18.4. The average molecular weight is 366 g/mol. The summed E-state index contributed by atoms with van der Waals surface area (Å²) in [6.45, 7) is 3.68. The lowest BCUT2D eigenvalue weighted by atomic mass is 10.1. The molecule has 0 radical (unpaired) electrons. The quantitative estimate of drug-likeness (QED) is 0.631. The molecule has 3 rings (SSSR count). The highest BCUT2D eigenvalue weighted by Gasteiger charge is 2.10. The second-order valence-corrected chi connectivity index (χ2v) is 6.14. The summed E-state index contributed by atoms with van der Waals surface area (Å²) < 4.78 is 3.65. The zero-order valence-corrected chi connectivity index (χ0v) is 15.1. The molecule has 2 amide bonds. The maximum atomic E-state index is 12.5. The van der Waals surface area contributed by atoms with Gasteiger partial charge in [0.05, 0.1) is 24.8 Å². The van der Waals surface area contributed by atoms with Crippen LogP contribution in [0.4, 0.5) is 0 Å². The zero-order chi connectivity index (χ0) is 19.2. The Kier molecular flexibility index (Phi) is 5.65. The van der Waals surface area contributed by atoms with Crippen molar-refractivity contribution in [2.45, 2.75) is 33.0 Å². The van der Waals surface area contributed by atoms with Gasteiger partial charge in [-0.1, -0.05) is 12.1 Å². The SMILES string of the molecule is CCn1cncc1CNC(=O)c1cccc(-c2cnn(CCC(N)=O)c2)c1. The zero-order valence-electron chi connectivity index (χ0n) is 15.1. The maximum absolute atomic E-state index is 12.5. The standard InChI is InChI=1S/C19H22N6O2/c1-2-24-13-21-10-17(24)11-22-19(27)15-5-3-4-14(8-15)16-9-23-25(12-16)7-6-18(20)26/h3-5,8-10,12-13H,2,6-7,11H2,1H3,(H2,20,26)(H,22,27). The number of benzene rings is 1. The van der Waals surface area contributed by atoms with Gasteiger partial charge < -0.3 is 15.6 Å². The summed E-state index contributed by atoms with van der Waals surface area (Å²) in [6, 6.07) is 7.34. The lowest BCUT2D eigenvalue weighted by Gasteiger charge is -2.08. The number of amides is 2. The van der Waals surface area contributed by atoms with Crippen molar-refractivity contribution in [3.05, 3.63) is 60.4 Å².